The van der Waals surface area contributed by atoms with Gasteiger partial charge < -0.3 is 39.7 Å². The van der Waals surface area contributed by atoms with E-state index in [0.29, 0.717) is 106 Å². The van der Waals surface area contributed by atoms with E-state index in [1.165, 1.54) is 26.4 Å². The molecule has 11 rings (SSSR count). The number of carbonyl (C=O) groups is 4. The van der Waals surface area contributed by atoms with Crippen molar-refractivity contribution in [3.8, 4) is 23.6 Å². The Balaban J connectivity index is 0.981. The van der Waals surface area contributed by atoms with E-state index in [2.05, 4.69) is 20.9 Å². The van der Waals surface area contributed by atoms with Crippen molar-refractivity contribution >= 4 is 168 Å². The van der Waals surface area contributed by atoms with Gasteiger partial charge in [0.15, 0.2) is 5.16 Å². The number of imide groups is 2. The number of nitrogens with zero attached hydrogens (tertiary/aromatic N) is 17. The van der Waals surface area contributed by atoms with Gasteiger partial charge >= 0.3 is 0 Å². The van der Waals surface area contributed by atoms with Crippen LogP contribution >= 0.6 is 34.4 Å². The normalized spacial score (nSPS) is 15.2. The summed E-state index contributed by atoms with van der Waals surface area (Å²) in [6.45, 7) is 12.2. The minimum absolute atomic E-state index is 0.0243. The number of azo groups is 2. The third-order valence-corrected chi connectivity index (χ3v) is 22.4. The lowest BCUT2D eigenvalue weighted by atomic mass is 10.1. The Morgan fingerprint density at radius 2 is 0.952 bits per heavy atom. The van der Waals surface area contributed by atoms with Gasteiger partial charge in [0.05, 0.1) is 84.5 Å². The average Bonchev–Trinajstić information content (AvgIpc) is 1.65. The molecule has 0 atom stereocenters. The topological polar surface area (TPSA) is 455 Å². The number of anilines is 8. The van der Waals surface area contributed by atoms with E-state index in [9.17, 15) is 68.6 Å². The molecule has 0 aliphatic carbocycles. The van der Waals surface area contributed by atoms with Gasteiger partial charge in [-0.05, 0) is 127 Å². The highest BCUT2D eigenvalue weighted by Crippen LogP contribution is 2.46. The number of rotatable bonds is 28. The number of nitrogens with one attached hydrogen (secondary N) is 2. The Bertz CT molecular complexity index is 4910. The average molecular weight is 1550 g/mol. The Hall–Kier alpha value is -10.4. The minimum Gasteiger partial charge on any atom is -0.494 e. The van der Waals surface area contributed by atoms with Crippen LogP contribution < -0.4 is 39.7 Å². The van der Waals surface area contributed by atoms with Crippen molar-refractivity contribution in [1.82, 2.24) is 34.7 Å². The molecule has 3 aromatic heterocycles. The molecule has 4 aromatic carbocycles. The highest BCUT2D eigenvalue weighted by Gasteiger charge is 2.41. The lowest BCUT2D eigenvalue weighted by Crippen LogP contribution is -2.30. The Morgan fingerprint density at radius 3 is 1.30 bits per heavy atom. The number of thioether (sulfide) groups is 1. The zero-order valence-corrected chi connectivity index (χ0v) is 61.9. The first-order valence-electron chi connectivity index (χ1n) is 32.6. The molecule has 105 heavy (non-hydrogen) atoms. The summed E-state index contributed by atoms with van der Waals surface area (Å²) in [5.41, 5.74) is 0.161. The van der Waals surface area contributed by atoms with Crippen LogP contribution in [0.4, 0.5) is 67.9 Å². The van der Waals surface area contributed by atoms with Gasteiger partial charge in [0.25, 0.3) is 54.0 Å². The fraction of sp³-hybridized carbons (Fsp3) is 0.338. The third-order valence-electron chi connectivity index (χ3n) is 17.1. The molecule has 0 unspecified atom stereocenters. The Morgan fingerprint density at radius 1 is 0.562 bits per heavy atom. The molecule has 7 heterocycles. The molecule has 0 bridgehead atoms. The summed E-state index contributed by atoms with van der Waals surface area (Å²) >= 11 is 2.86. The molecule has 0 saturated carbocycles. The standard InChI is InChI=1S/C65H67N19O15S6/c1-7-79(8-2)49-31-45(47(33-51(49)98-5)75-77-64-70-55(81-21-13-11-14-22-81)53(101-64)27-37(35-66)83-57(85)41-19-17-39(104(92,93)94)29-43(41)59(83)87)68-61-72-62(74-63(73-61)100-25-26-103(89,90)91)69-46-32-50(80(9-3)10-4)52(99-6)34-48(46)76-78-65-71-56(82-23-15-12-16-24-82)54(102-65)28-38(36-67)84-58(86)42-20-18-40(105(95,96)97)30-44(42)60(84)88/h17-20,27-34H,7-16,21-26H2,1-6H3,(H,89,90,91)(H,92,93,94)(H,95,96,97)(H2,68,69,72,73,74)/b37-27+,38-28+,77-75?,78-76?. The van der Waals surface area contributed by atoms with Crippen LogP contribution in [0, 0.1) is 22.7 Å². The van der Waals surface area contributed by atoms with E-state index in [0.717, 1.165) is 109 Å². The molecule has 34 nitrogen and oxygen atoms in total. The number of aromatic nitrogens is 5. The van der Waals surface area contributed by atoms with Gasteiger partial charge in [-0.1, -0.05) is 34.4 Å². The van der Waals surface area contributed by atoms with Gasteiger partial charge in [0.1, 0.15) is 58.0 Å². The molecule has 2 saturated heterocycles. The maximum atomic E-state index is 13.8. The molecular formula is C65H67N19O15S6. The smallest absolute Gasteiger partial charge is 0.294 e. The summed E-state index contributed by atoms with van der Waals surface area (Å²) in [5, 5.41) is 46.4. The summed E-state index contributed by atoms with van der Waals surface area (Å²) in [4.78, 5) is 87.8. The number of carbonyl (C=O) groups excluding carboxylic acids is 4. The molecular weight excluding hydrogens is 1480 g/mol. The number of hydrogen-bond acceptors (Lipinski definition) is 32. The van der Waals surface area contributed by atoms with Crippen molar-refractivity contribution in [3.05, 3.63) is 104 Å². The third kappa shape index (κ3) is 16.7. The van der Waals surface area contributed by atoms with Crippen molar-refractivity contribution in [2.75, 3.05) is 108 Å². The van der Waals surface area contributed by atoms with Crippen molar-refractivity contribution in [3.63, 3.8) is 0 Å². The molecule has 2 fully saturated rings. The first-order chi connectivity index (χ1) is 50.2. The van der Waals surface area contributed by atoms with E-state index in [4.69, 9.17) is 44.6 Å². The van der Waals surface area contributed by atoms with Gasteiger partial charge in [-0.2, -0.15) is 60.7 Å². The Labute approximate surface area is 615 Å². The van der Waals surface area contributed by atoms with Crippen LogP contribution in [-0.4, -0.2) is 175 Å². The summed E-state index contributed by atoms with van der Waals surface area (Å²) in [5.74, 6) is -3.39. The van der Waals surface area contributed by atoms with Gasteiger partial charge in [-0.25, -0.2) is 9.80 Å². The zero-order valence-electron chi connectivity index (χ0n) is 57.0. The highest BCUT2D eigenvalue weighted by molar-refractivity contribution is 8.00. The maximum absolute atomic E-state index is 13.8. The SMILES string of the molecule is CCN(CC)c1cc(Nc2nc(Nc3cc(N(CC)CC)c(OC)cc3N=Nc3nc(N4CCCCC4)c(/C=C(\C#N)N4C(=O)c5ccc(S(=O)(=O)O)cc5C4=O)s3)nc(SCCS(=O)(=O)O)n2)c(N=Nc2nc(N3CCCCC3)c(/C=C(\C#N)N3C(=O)c4ccc(S(=O)(=O)O)cc4C3=O)s2)cc1OC. The van der Waals surface area contributed by atoms with Gasteiger partial charge in [0.2, 0.25) is 22.2 Å². The molecule has 0 spiro atoms. The molecule has 4 aliphatic heterocycles. The van der Waals surface area contributed by atoms with Crippen molar-refractivity contribution in [2.24, 2.45) is 20.5 Å². The van der Waals surface area contributed by atoms with Crippen LogP contribution in [0.15, 0.2) is 107 Å². The number of piperidine rings is 2. The van der Waals surface area contributed by atoms with Crippen molar-refractivity contribution in [1.29, 1.82) is 10.5 Å². The van der Waals surface area contributed by atoms with Crippen LogP contribution in [-0.2, 0) is 30.4 Å². The van der Waals surface area contributed by atoms with Crippen LogP contribution in [0.25, 0.3) is 12.2 Å². The van der Waals surface area contributed by atoms with E-state index < -0.39 is 80.9 Å². The van der Waals surface area contributed by atoms with Crippen LogP contribution in [0.1, 0.15) is 117 Å². The maximum Gasteiger partial charge on any atom is 0.294 e. The van der Waals surface area contributed by atoms with Crippen molar-refractivity contribution < 1.29 is 67.6 Å². The van der Waals surface area contributed by atoms with E-state index in [1.54, 1.807) is 24.3 Å². The van der Waals surface area contributed by atoms with Gasteiger partial charge in [0, 0.05) is 70.2 Å². The van der Waals surface area contributed by atoms with Crippen molar-refractivity contribution in [2.45, 2.75) is 81.2 Å². The van der Waals surface area contributed by atoms with Gasteiger partial charge in [-0.3, -0.25) is 32.8 Å². The molecule has 5 N–H and O–H groups in total. The molecule has 0 radical (unpaired) electrons. The number of amides is 4. The number of fused-ring (bicyclic) bond motifs is 2. The van der Waals surface area contributed by atoms with Crippen LogP contribution in [0.2, 0.25) is 0 Å². The number of methoxy groups -OCH3 is 2. The molecule has 40 heteroatoms. The fourth-order valence-electron chi connectivity index (χ4n) is 11.9. The predicted molar refractivity (Wildman–Crippen MR) is 392 cm³/mol. The Kier molecular flexibility index (Phi) is 23.0. The fourth-order valence-corrected chi connectivity index (χ4v) is 16.3. The van der Waals surface area contributed by atoms with E-state index in [-0.39, 0.29) is 78.1 Å². The second kappa shape index (κ2) is 31.9. The number of benzene rings is 4. The summed E-state index contributed by atoms with van der Waals surface area (Å²) in [6.07, 6.45) is 7.72. The van der Waals surface area contributed by atoms with Crippen LogP contribution in [0.3, 0.4) is 0 Å². The predicted octanol–water partition coefficient (Wildman–Crippen LogP) is 11.6. The number of hydrogen-bond donors (Lipinski definition) is 5. The zero-order chi connectivity index (χ0) is 75.2. The van der Waals surface area contributed by atoms with Crippen LogP contribution in [0.5, 0.6) is 11.5 Å². The largest absolute Gasteiger partial charge is 0.494 e. The molecule has 4 aliphatic rings. The van der Waals surface area contributed by atoms with Gasteiger partial charge in [-0.15, -0.1) is 20.5 Å². The second-order valence-electron chi connectivity index (χ2n) is 23.5. The number of nitriles is 2. The molecule has 7 aromatic rings. The highest BCUT2D eigenvalue weighted by atomic mass is 32.2. The number of ether oxygens (including phenoxy) is 2. The monoisotopic (exact) mass is 1550 g/mol. The first kappa shape index (κ1) is 75.7. The van der Waals surface area contributed by atoms with E-state index >= 15 is 0 Å². The first-order valence-corrected chi connectivity index (χ1v) is 39.7. The molecule has 548 valence electrons. The number of allylic oxidation sites excluding steroid dienone is 2. The minimum atomic E-state index is -4.77. The molecule has 4 amide bonds. The summed E-state index contributed by atoms with van der Waals surface area (Å²) in [7, 11) is -11.0. The summed E-state index contributed by atoms with van der Waals surface area (Å²) < 4.78 is 113. The van der Waals surface area contributed by atoms with E-state index in [1.807, 2.05) is 59.4 Å². The lowest BCUT2D eigenvalue weighted by Gasteiger charge is -2.27. The lowest BCUT2D eigenvalue weighted by molar-refractivity contribution is 0.0696. The summed E-state index contributed by atoms with van der Waals surface area (Å²) in [6, 6.07) is 16.5. The number of thiazole rings is 2. The second-order valence-corrected chi connectivity index (χ2v) is 31.0. The quantitative estimate of drug-likeness (QED) is 0.00999.